The van der Waals surface area contributed by atoms with Crippen molar-refractivity contribution in [1.29, 1.82) is 0 Å². The Morgan fingerprint density at radius 3 is 2.70 bits per heavy atom. The summed E-state index contributed by atoms with van der Waals surface area (Å²) < 4.78 is 15.4. The highest BCUT2D eigenvalue weighted by Crippen LogP contribution is 2.59. The lowest BCUT2D eigenvalue weighted by Gasteiger charge is -2.39. The van der Waals surface area contributed by atoms with Crippen molar-refractivity contribution in [2.24, 2.45) is 5.92 Å². The quantitative estimate of drug-likeness (QED) is 0.480. The van der Waals surface area contributed by atoms with Gasteiger partial charge in [0.25, 0.3) is 5.91 Å². The number of halogens is 3. The van der Waals surface area contributed by atoms with Gasteiger partial charge in [0.05, 0.1) is 17.0 Å². The Balaban J connectivity index is 1.85. The molecule has 33 heavy (non-hydrogen) atoms. The van der Waals surface area contributed by atoms with Gasteiger partial charge in [-0.1, -0.05) is 41.4 Å². The van der Waals surface area contributed by atoms with Crippen molar-refractivity contribution in [1.82, 2.24) is 4.90 Å². The number of nitrogens with zero attached hydrogens (tertiary/aromatic N) is 2. The van der Waals surface area contributed by atoms with Crippen LogP contribution in [0.25, 0.3) is 0 Å². The van der Waals surface area contributed by atoms with Gasteiger partial charge < -0.3 is 10.4 Å². The molecule has 1 saturated heterocycles. The normalized spacial score (nSPS) is 29.8. The van der Waals surface area contributed by atoms with Crippen molar-refractivity contribution in [3.63, 3.8) is 0 Å². The van der Waals surface area contributed by atoms with Crippen LogP contribution in [0.2, 0.25) is 10.0 Å². The molecule has 0 unspecified atom stereocenters. The Labute approximate surface area is 199 Å². The Bertz CT molecular complexity index is 1160. The maximum absolute atomic E-state index is 15.4. The molecule has 174 valence electrons. The van der Waals surface area contributed by atoms with Gasteiger partial charge in [-0.2, -0.15) is 0 Å². The van der Waals surface area contributed by atoms with Crippen LogP contribution in [0.15, 0.2) is 36.4 Å². The van der Waals surface area contributed by atoms with Gasteiger partial charge >= 0.3 is 0 Å². The molecule has 2 aliphatic heterocycles. The molecule has 1 saturated carbocycles. The summed E-state index contributed by atoms with van der Waals surface area (Å²) in [6, 6.07) is 6.70. The first kappa shape index (κ1) is 22.5. The molecule has 2 heterocycles. The number of anilines is 1. The predicted molar refractivity (Wildman–Crippen MR) is 122 cm³/mol. The molecule has 2 fully saturated rings. The topological polar surface area (TPSA) is 95.7 Å². The van der Waals surface area contributed by atoms with Crippen LogP contribution >= 0.6 is 23.2 Å². The van der Waals surface area contributed by atoms with Crippen LogP contribution in [0.1, 0.15) is 36.8 Å². The number of carbonyl (C=O) groups excluding carboxylic acids is 1. The molecule has 1 aliphatic carbocycles. The molecule has 7 nitrogen and oxygen atoms in total. The van der Waals surface area contributed by atoms with E-state index >= 15 is 4.39 Å². The van der Waals surface area contributed by atoms with Crippen molar-refractivity contribution >= 4 is 34.8 Å². The van der Waals surface area contributed by atoms with E-state index < -0.39 is 46.3 Å². The van der Waals surface area contributed by atoms with Crippen LogP contribution in [0.5, 0.6) is 0 Å². The summed E-state index contributed by atoms with van der Waals surface area (Å²) in [6.07, 6.45) is 0.702. The number of nitro groups is 1. The second-order valence-electron chi connectivity index (χ2n) is 9.13. The molecule has 5 rings (SSSR count). The third-order valence-corrected chi connectivity index (χ3v) is 7.67. The van der Waals surface area contributed by atoms with E-state index in [2.05, 4.69) is 5.32 Å². The number of aliphatic hydroxyl groups is 1. The number of benzene rings is 2. The zero-order valence-electron chi connectivity index (χ0n) is 17.7. The molecule has 5 atom stereocenters. The van der Waals surface area contributed by atoms with Crippen molar-refractivity contribution in [2.75, 3.05) is 11.9 Å². The molecular weight excluding hydrogens is 472 g/mol. The van der Waals surface area contributed by atoms with Gasteiger partial charge in [-0.05, 0) is 43.9 Å². The van der Waals surface area contributed by atoms with E-state index in [9.17, 15) is 20.0 Å². The lowest BCUT2D eigenvalue weighted by atomic mass is 9.73. The molecule has 10 heteroatoms. The molecule has 1 spiro atoms. The average Bonchev–Trinajstić information content (AvgIpc) is 3.45. The number of aliphatic hydroxyl groups excluding tert-OH is 1. The fourth-order valence-corrected chi connectivity index (χ4v) is 6.09. The minimum Gasteiger partial charge on any atom is -0.392 e. The molecular formula is C23H22Cl2FN3O4. The zero-order chi connectivity index (χ0) is 23.7. The summed E-state index contributed by atoms with van der Waals surface area (Å²) >= 11 is 12.2. The van der Waals surface area contributed by atoms with E-state index in [1.165, 1.54) is 25.1 Å². The van der Waals surface area contributed by atoms with E-state index in [0.717, 1.165) is 12.8 Å². The van der Waals surface area contributed by atoms with Crippen molar-refractivity contribution in [3.05, 3.63) is 73.5 Å². The Morgan fingerprint density at radius 1 is 1.33 bits per heavy atom. The Kier molecular flexibility index (Phi) is 5.40. The summed E-state index contributed by atoms with van der Waals surface area (Å²) in [5, 5.41) is 26.3. The summed E-state index contributed by atoms with van der Waals surface area (Å²) in [4.78, 5) is 27.6. The number of rotatable bonds is 5. The first-order valence-corrected chi connectivity index (χ1v) is 11.6. The molecule has 1 amide bonds. The summed E-state index contributed by atoms with van der Waals surface area (Å²) in [5.74, 6) is -2.29. The van der Waals surface area contributed by atoms with E-state index in [1.54, 1.807) is 23.1 Å². The van der Waals surface area contributed by atoms with Gasteiger partial charge in [-0.25, -0.2) is 4.39 Å². The first-order chi connectivity index (χ1) is 15.7. The van der Waals surface area contributed by atoms with Crippen LogP contribution in [0.4, 0.5) is 10.1 Å². The van der Waals surface area contributed by atoms with Crippen LogP contribution in [0.3, 0.4) is 0 Å². The van der Waals surface area contributed by atoms with Gasteiger partial charge in [-0.15, -0.1) is 0 Å². The average molecular weight is 494 g/mol. The third-order valence-electron chi connectivity index (χ3n) is 7.15. The molecule has 2 aromatic rings. The second-order valence-corrected chi connectivity index (χ2v) is 9.98. The zero-order valence-corrected chi connectivity index (χ0v) is 19.2. The number of amides is 1. The van der Waals surface area contributed by atoms with E-state index in [-0.39, 0.29) is 16.5 Å². The number of carbonyl (C=O) groups is 1. The summed E-state index contributed by atoms with van der Waals surface area (Å²) in [7, 11) is 0. The smallest absolute Gasteiger partial charge is 0.250 e. The van der Waals surface area contributed by atoms with Gasteiger partial charge in [0.2, 0.25) is 6.04 Å². The molecule has 3 aliphatic rings. The number of nitrogens with one attached hydrogen (secondary N) is 1. The molecule has 0 bridgehead atoms. The second kappa shape index (κ2) is 7.91. The van der Waals surface area contributed by atoms with Crippen molar-refractivity contribution < 1.29 is 19.2 Å². The lowest BCUT2D eigenvalue weighted by molar-refractivity contribution is -0.530. The SMILES string of the molecule is C[C@H](O)[C@H]1[C@@H]([N+](=O)[O-])[C@H](c2cccc(Cl)c2F)[C@]2(C(=O)Nc3cc(Cl)ccc32)N1CC1CC1. The number of fused-ring (bicyclic) bond motifs is 2. The summed E-state index contributed by atoms with van der Waals surface area (Å²) in [5.41, 5.74) is -0.718. The minimum atomic E-state index is -1.60. The van der Waals surface area contributed by atoms with Crippen LogP contribution in [-0.2, 0) is 10.3 Å². The summed E-state index contributed by atoms with van der Waals surface area (Å²) in [6.45, 7) is 1.84. The van der Waals surface area contributed by atoms with Crippen LogP contribution < -0.4 is 5.32 Å². The van der Waals surface area contributed by atoms with Crippen molar-refractivity contribution in [3.8, 4) is 0 Å². The van der Waals surface area contributed by atoms with Gasteiger partial charge in [0, 0.05) is 33.3 Å². The highest BCUT2D eigenvalue weighted by atomic mass is 35.5. The highest BCUT2D eigenvalue weighted by Gasteiger charge is 2.72. The number of hydrogen-bond donors (Lipinski definition) is 2. The minimum absolute atomic E-state index is 0.0221. The lowest BCUT2D eigenvalue weighted by Crippen LogP contribution is -2.54. The van der Waals surface area contributed by atoms with E-state index in [1.807, 2.05) is 0 Å². The molecule has 2 N–H and O–H groups in total. The van der Waals surface area contributed by atoms with Gasteiger partial charge in [0.1, 0.15) is 17.4 Å². The maximum Gasteiger partial charge on any atom is 0.250 e. The van der Waals surface area contributed by atoms with E-state index in [0.29, 0.717) is 22.8 Å². The molecule has 0 radical (unpaired) electrons. The maximum atomic E-state index is 15.4. The largest absolute Gasteiger partial charge is 0.392 e. The van der Waals surface area contributed by atoms with Gasteiger partial charge in [0.15, 0.2) is 0 Å². The van der Waals surface area contributed by atoms with Crippen LogP contribution in [-0.4, -0.2) is 45.6 Å². The van der Waals surface area contributed by atoms with Crippen LogP contribution in [0, 0.1) is 21.8 Å². The monoisotopic (exact) mass is 493 g/mol. The Hall–Kier alpha value is -2.26. The Morgan fingerprint density at radius 2 is 2.06 bits per heavy atom. The first-order valence-electron chi connectivity index (χ1n) is 10.8. The third kappa shape index (κ3) is 3.26. The predicted octanol–water partition coefficient (Wildman–Crippen LogP) is 4.18. The fourth-order valence-electron chi connectivity index (χ4n) is 5.73. The van der Waals surface area contributed by atoms with Gasteiger partial charge in [-0.3, -0.25) is 19.8 Å². The standard InChI is InChI=1S/C23H22Cl2FN3O4/c1-11(30)20-21(29(32)33)18(14-3-2-4-16(25)19(14)26)23(28(20)10-12-5-6-12)15-8-7-13(24)9-17(15)27-22(23)31/h2-4,7-9,11-12,18,20-21,30H,5-6,10H2,1H3,(H,27,31)/t11-,18-,20-,21-,23+/m0/s1. The van der Waals surface area contributed by atoms with Crippen molar-refractivity contribution in [2.45, 2.75) is 49.4 Å². The fraction of sp³-hybridized carbons (Fsp3) is 0.435. The highest BCUT2D eigenvalue weighted by molar-refractivity contribution is 6.31. The number of hydrogen-bond acceptors (Lipinski definition) is 5. The molecule has 2 aromatic carbocycles. The van der Waals surface area contributed by atoms with E-state index in [4.69, 9.17) is 23.2 Å². The number of likely N-dealkylation sites (tertiary alicyclic amines) is 1. The molecule has 0 aromatic heterocycles.